The van der Waals surface area contributed by atoms with Crippen molar-refractivity contribution in [2.75, 3.05) is 24.3 Å². The molecule has 0 radical (unpaired) electrons. The Balaban J connectivity index is 1.42. The first kappa shape index (κ1) is 25.4. The second-order valence-electron chi connectivity index (χ2n) is 9.10. The smallest absolute Gasteiger partial charge is 0.322 e. The molecule has 2 amide bonds. The number of fused-ring (bicyclic) bond motifs is 1. The topological polar surface area (TPSA) is 88.5 Å². The Morgan fingerprint density at radius 3 is 2.55 bits per heavy atom. The van der Waals surface area contributed by atoms with Gasteiger partial charge in [0.1, 0.15) is 5.75 Å². The molecule has 2 N–H and O–H groups in total. The maximum absolute atomic E-state index is 13.8. The molecular weight excluding hydrogens is 502 g/mol. The first-order valence-electron chi connectivity index (χ1n) is 12.3. The summed E-state index contributed by atoms with van der Waals surface area (Å²) in [5, 5.41) is 6.80. The van der Waals surface area contributed by atoms with Gasteiger partial charge in [-0.25, -0.2) is 14.3 Å². The molecule has 4 aromatic rings. The van der Waals surface area contributed by atoms with Crippen molar-refractivity contribution in [3.8, 4) is 11.4 Å². The van der Waals surface area contributed by atoms with E-state index in [0.717, 1.165) is 16.9 Å². The van der Waals surface area contributed by atoms with Crippen molar-refractivity contribution in [1.82, 2.24) is 14.5 Å². The van der Waals surface area contributed by atoms with E-state index >= 15 is 0 Å². The zero-order valence-electron chi connectivity index (χ0n) is 21.2. The van der Waals surface area contributed by atoms with E-state index in [2.05, 4.69) is 10.6 Å². The second-order valence-corrected chi connectivity index (χ2v) is 9.51. The SMILES string of the molecule is COc1ccc(CNc2nc3c(c(=O)n2-c2ccccc2)CN(C(=O)Nc2ccc(C)c(Cl)c2)CC3)cc1. The Kier molecular flexibility index (Phi) is 7.33. The summed E-state index contributed by atoms with van der Waals surface area (Å²) in [5.74, 6) is 1.24. The zero-order valence-corrected chi connectivity index (χ0v) is 22.0. The van der Waals surface area contributed by atoms with Gasteiger partial charge in [-0.1, -0.05) is 48.0 Å². The largest absolute Gasteiger partial charge is 0.497 e. The number of aromatic nitrogens is 2. The summed E-state index contributed by atoms with van der Waals surface area (Å²) >= 11 is 6.21. The van der Waals surface area contributed by atoms with Crippen LogP contribution >= 0.6 is 11.6 Å². The van der Waals surface area contributed by atoms with Gasteiger partial charge in [0, 0.05) is 30.2 Å². The molecule has 8 nitrogen and oxygen atoms in total. The van der Waals surface area contributed by atoms with E-state index in [0.29, 0.717) is 53.1 Å². The summed E-state index contributed by atoms with van der Waals surface area (Å²) in [6, 6.07) is 22.2. The number of hydrogen-bond acceptors (Lipinski definition) is 5. The number of methoxy groups -OCH3 is 1. The standard InChI is InChI=1S/C29H28ClN5O3/c1-19-8-11-21(16-25(19)30)32-29(37)34-15-14-26-24(18-34)27(36)35(22-6-4-3-5-7-22)28(33-26)31-17-20-9-12-23(38-2)13-10-20/h3-13,16H,14-15,17-18H2,1-2H3,(H,31,33)(H,32,37). The predicted octanol–water partition coefficient (Wildman–Crippen LogP) is 5.41. The van der Waals surface area contributed by atoms with Crippen molar-refractivity contribution in [1.29, 1.82) is 0 Å². The molecule has 1 aliphatic heterocycles. The van der Waals surface area contributed by atoms with Crippen LogP contribution in [0.1, 0.15) is 22.4 Å². The average Bonchev–Trinajstić information content (AvgIpc) is 2.94. The molecule has 194 valence electrons. The first-order valence-corrected chi connectivity index (χ1v) is 12.7. The molecule has 9 heteroatoms. The number of anilines is 2. The van der Waals surface area contributed by atoms with Crippen molar-refractivity contribution in [3.63, 3.8) is 0 Å². The highest BCUT2D eigenvalue weighted by Crippen LogP contribution is 2.23. The Morgan fingerprint density at radius 2 is 1.84 bits per heavy atom. The summed E-state index contributed by atoms with van der Waals surface area (Å²) < 4.78 is 6.81. The van der Waals surface area contributed by atoms with E-state index in [9.17, 15) is 9.59 Å². The normalized spacial score (nSPS) is 12.6. The third-order valence-electron chi connectivity index (χ3n) is 6.56. The van der Waals surface area contributed by atoms with Gasteiger partial charge in [0.15, 0.2) is 0 Å². The highest BCUT2D eigenvalue weighted by Gasteiger charge is 2.27. The third kappa shape index (κ3) is 5.35. The maximum Gasteiger partial charge on any atom is 0.322 e. The highest BCUT2D eigenvalue weighted by atomic mass is 35.5. The fraction of sp³-hybridized carbons (Fsp3) is 0.207. The highest BCUT2D eigenvalue weighted by molar-refractivity contribution is 6.31. The lowest BCUT2D eigenvalue weighted by Gasteiger charge is -2.29. The molecule has 0 saturated carbocycles. The van der Waals surface area contributed by atoms with Crippen molar-refractivity contribution in [3.05, 3.63) is 111 Å². The fourth-order valence-electron chi connectivity index (χ4n) is 4.38. The molecule has 38 heavy (non-hydrogen) atoms. The Hall–Kier alpha value is -4.30. The first-order chi connectivity index (χ1) is 18.4. The lowest BCUT2D eigenvalue weighted by atomic mass is 10.1. The van der Waals surface area contributed by atoms with Gasteiger partial charge in [-0.15, -0.1) is 0 Å². The molecule has 0 saturated heterocycles. The van der Waals surface area contributed by atoms with Crippen LogP contribution in [0, 0.1) is 6.92 Å². The third-order valence-corrected chi connectivity index (χ3v) is 6.97. The summed E-state index contributed by atoms with van der Waals surface area (Å²) in [4.78, 5) is 33.3. The molecule has 0 bridgehead atoms. The number of para-hydroxylation sites is 1. The minimum absolute atomic E-state index is 0.165. The van der Waals surface area contributed by atoms with Crippen LogP contribution in [0.25, 0.3) is 5.69 Å². The van der Waals surface area contributed by atoms with Crippen LogP contribution in [0.15, 0.2) is 77.6 Å². The molecule has 2 heterocycles. The van der Waals surface area contributed by atoms with Crippen LogP contribution in [-0.2, 0) is 19.5 Å². The Labute approximate surface area is 225 Å². The number of carbonyl (C=O) groups excluding carboxylic acids is 1. The number of hydrogen-bond donors (Lipinski definition) is 2. The second kappa shape index (κ2) is 11.0. The predicted molar refractivity (Wildman–Crippen MR) is 149 cm³/mol. The van der Waals surface area contributed by atoms with Gasteiger partial charge < -0.3 is 20.3 Å². The minimum Gasteiger partial charge on any atom is -0.497 e. The summed E-state index contributed by atoms with van der Waals surface area (Å²) in [7, 11) is 1.63. The summed E-state index contributed by atoms with van der Waals surface area (Å²) in [6.45, 7) is 2.99. The van der Waals surface area contributed by atoms with E-state index in [1.807, 2.05) is 73.7 Å². The minimum atomic E-state index is -0.289. The Morgan fingerprint density at radius 1 is 1.08 bits per heavy atom. The number of urea groups is 1. The van der Waals surface area contributed by atoms with E-state index in [-0.39, 0.29) is 18.1 Å². The van der Waals surface area contributed by atoms with Crippen LogP contribution < -0.4 is 20.9 Å². The van der Waals surface area contributed by atoms with Gasteiger partial charge in [-0.05, 0) is 54.4 Å². The number of nitrogens with zero attached hydrogens (tertiary/aromatic N) is 3. The van der Waals surface area contributed by atoms with Gasteiger partial charge in [0.2, 0.25) is 5.95 Å². The summed E-state index contributed by atoms with van der Waals surface area (Å²) in [5.41, 5.74) is 4.26. The monoisotopic (exact) mass is 529 g/mol. The number of nitrogens with one attached hydrogen (secondary N) is 2. The lowest BCUT2D eigenvalue weighted by Crippen LogP contribution is -2.43. The van der Waals surface area contributed by atoms with Crippen molar-refractivity contribution >= 4 is 29.3 Å². The molecule has 0 spiro atoms. The molecular formula is C29H28ClN5O3. The summed E-state index contributed by atoms with van der Waals surface area (Å²) in [6.07, 6.45) is 0.472. The average molecular weight is 530 g/mol. The van der Waals surface area contributed by atoms with E-state index < -0.39 is 0 Å². The van der Waals surface area contributed by atoms with Gasteiger partial charge >= 0.3 is 6.03 Å². The number of rotatable bonds is 6. The Bertz CT molecular complexity index is 1520. The molecule has 5 rings (SSSR count). The molecule has 0 fully saturated rings. The number of halogens is 1. The van der Waals surface area contributed by atoms with Crippen LogP contribution in [0.5, 0.6) is 5.75 Å². The van der Waals surface area contributed by atoms with Crippen molar-refractivity contribution < 1.29 is 9.53 Å². The van der Waals surface area contributed by atoms with Gasteiger partial charge in [-0.2, -0.15) is 0 Å². The fourth-order valence-corrected chi connectivity index (χ4v) is 4.56. The quantitative estimate of drug-likeness (QED) is 0.349. The van der Waals surface area contributed by atoms with Crippen LogP contribution in [-0.4, -0.2) is 34.1 Å². The van der Waals surface area contributed by atoms with Gasteiger partial charge in [0.05, 0.1) is 30.6 Å². The number of ether oxygens (including phenoxy) is 1. The number of carbonyl (C=O) groups is 1. The number of benzene rings is 3. The van der Waals surface area contributed by atoms with E-state index in [4.69, 9.17) is 21.3 Å². The van der Waals surface area contributed by atoms with E-state index in [1.165, 1.54) is 0 Å². The zero-order chi connectivity index (χ0) is 26.6. The lowest BCUT2D eigenvalue weighted by molar-refractivity contribution is 0.205. The van der Waals surface area contributed by atoms with Gasteiger partial charge in [0.25, 0.3) is 5.56 Å². The maximum atomic E-state index is 13.8. The molecule has 1 aliphatic rings. The molecule has 0 atom stereocenters. The van der Waals surface area contributed by atoms with Gasteiger partial charge in [-0.3, -0.25) is 4.79 Å². The van der Waals surface area contributed by atoms with E-state index in [1.54, 1.807) is 22.6 Å². The molecule has 0 unspecified atom stereocenters. The molecule has 0 aliphatic carbocycles. The van der Waals surface area contributed by atoms with Crippen LogP contribution in [0.4, 0.5) is 16.4 Å². The molecule has 3 aromatic carbocycles. The van der Waals surface area contributed by atoms with Crippen LogP contribution in [0.3, 0.4) is 0 Å². The molecule has 1 aromatic heterocycles. The number of aryl methyl sites for hydroxylation is 1. The van der Waals surface area contributed by atoms with Crippen molar-refractivity contribution in [2.45, 2.75) is 26.4 Å². The van der Waals surface area contributed by atoms with Crippen molar-refractivity contribution in [2.24, 2.45) is 0 Å². The number of amides is 2. The van der Waals surface area contributed by atoms with Crippen LogP contribution in [0.2, 0.25) is 5.02 Å².